The van der Waals surface area contributed by atoms with Gasteiger partial charge in [-0.15, -0.1) is 0 Å². The molecule has 0 bridgehead atoms. The second-order valence-electron chi connectivity index (χ2n) is 3.45. The smallest absolute Gasteiger partial charge is 0.195 e. The second-order valence-corrected chi connectivity index (χ2v) is 4.24. The Labute approximate surface area is 109 Å². The summed E-state index contributed by atoms with van der Waals surface area (Å²) in [5.74, 6) is 0.596. The second kappa shape index (κ2) is 6.02. The predicted octanol–water partition coefficient (Wildman–Crippen LogP) is 2.42. The van der Waals surface area contributed by atoms with Gasteiger partial charge < -0.3 is 14.6 Å². The molecule has 1 unspecified atom stereocenters. The van der Waals surface area contributed by atoms with Gasteiger partial charge in [-0.05, 0) is 34.5 Å². The molecule has 1 aromatic carbocycles. The largest absolute Gasteiger partial charge is 0.495 e. The summed E-state index contributed by atoms with van der Waals surface area (Å²) in [6.07, 6.45) is -0.643. The highest BCUT2D eigenvalue weighted by Crippen LogP contribution is 2.37. The zero-order valence-electron chi connectivity index (χ0n) is 9.99. The highest BCUT2D eigenvalue weighted by Gasteiger charge is 2.22. The van der Waals surface area contributed by atoms with E-state index in [1.165, 1.54) is 14.2 Å². The SMILES string of the molecule is CCC(O)C(=O)c1ccc(OC)c(Br)c1OC. The van der Waals surface area contributed by atoms with Crippen LogP contribution in [0.2, 0.25) is 0 Å². The molecule has 94 valence electrons. The summed E-state index contributed by atoms with van der Waals surface area (Å²) in [6, 6.07) is 3.24. The third-order valence-electron chi connectivity index (χ3n) is 2.44. The van der Waals surface area contributed by atoms with Crippen molar-refractivity contribution in [2.45, 2.75) is 19.4 Å². The topological polar surface area (TPSA) is 55.8 Å². The maximum Gasteiger partial charge on any atom is 0.195 e. The van der Waals surface area contributed by atoms with Crippen molar-refractivity contribution in [3.8, 4) is 11.5 Å². The number of carbonyl (C=O) groups is 1. The molecule has 0 amide bonds. The van der Waals surface area contributed by atoms with Crippen LogP contribution in [0.1, 0.15) is 23.7 Å². The van der Waals surface area contributed by atoms with E-state index in [0.717, 1.165) is 0 Å². The van der Waals surface area contributed by atoms with Crippen molar-refractivity contribution in [2.24, 2.45) is 0 Å². The average Bonchev–Trinajstić information content (AvgIpc) is 2.36. The fourth-order valence-electron chi connectivity index (χ4n) is 1.45. The molecule has 0 spiro atoms. The van der Waals surface area contributed by atoms with Crippen LogP contribution in [-0.2, 0) is 0 Å². The summed E-state index contributed by atoms with van der Waals surface area (Å²) in [7, 11) is 3.00. The number of ether oxygens (including phenoxy) is 2. The molecule has 0 aliphatic rings. The van der Waals surface area contributed by atoms with Crippen LogP contribution in [0.4, 0.5) is 0 Å². The summed E-state index contributed by atoms with van der Waals surface area (Å²) in [6.45, 7) is 1.74. The van der Waals surface area contributed by atoms with E-state index in [9.17, 15) is 9.90 Å². The number of hydrogen-bond donors (Lipinski definition) is 1. The van der Waals surface area contributed by atoms with Crippen molar-refractivity contribution >= 4 is 21.7 Å². The van der Waals surface area contributed by atoms with E-state index < -0.39 is 6.10 Å². The maximum absolute atomic E-state index is 11.9. The van der Waals surface area contributed by atoms with E-state index in [1.54, 1.807) is 19.1 Å². The molecule has 0 heterocycles. The first-order valence-corrected chi connectivity index (χ1v) is 5.98. The molecule has 0 saturated heterocycles. The lowest BCUT2D eigenvalue weighted by Gasteiger charge is -2.14. The van der Waals surface area contributed by atoms with Gasteiger partial charge in [-0.3, -0.25) is 4.79 Å². The molecule has 1 atom stereocenters. The van der Waals surface area contributed by atoms with E-state index in [4.69, 9.17) is 9.47 Å². The Balaban J connectivity index is 3.26. The van der Waals surface area contributed by atoms with Gasteiger partial charge in [-0.1, -0.05) is 6.92 Å². The van der Waals surface area contributed by atoms with E-state index in [-0.39, 0.29) is 5.78 Å². The quantitative estimate of drug-likeness (QED) is 0.849. The zero-order valence-corrected chi connectivity index (χ0v) is 11.6. The number of benzene rings is 1. The van der Waals surface area contributed by atoms with E-state index in [2.05, 4.69) is 15.9 Å². The molecule has 1 N–H and O–H groups in total. The van der Waals surface area contributed by atoms with Gasteiger partial charge in [0.15, 0.2) is 5.78 Å². The molecule has 4 nitrogen and oxygen atoms in total. The molecule has 0 saturated carbocycles. The van der Waals surface area contributed by atoms with Crippen LogP contribution in [-0.4, -0.2) is 31.2 Å². The standard InChI is InChI=1S/C12H15BrO4/c1-4-8(14)11(15)7-5-6-9(16-2)10(13)12(7)17-3/h5-6,8,14H,4H2,1-3H3. The number of hydrogen-bond acceptors (Lipinski definition) is 4. The first kappa shape index (κ1) is 14.0. The third kappa shape index (κ3) is 2.79. The zero-order chi connectivity index (χ0) is 13.0. The molecular formula is C12H15BrO4. The van der Waals surface area contributed by atoms with Crippen molar-refractivity contribution in [1.82, 2.24) is 0 Å². The lowest BCUT2D eigenvalue weighted by atomic mass is 10.0. The van der Waals surface area contributed by atoms with Crippen molar-refractivity contribution in [3.63, 3.8) is 0 Å². The third-order valence-corrected chi connectivity index (χ3v) is 3.19. The van der Waals surface area contributed by atoms with Crippen molar-refractivity contribution in [2.75, 3.05) is 14.2 Å². The fourth-order valence-corrected chi connectivity index (χ4v) is 2.12. The van der Waals surface area contributed by atoms with E-state index >= 15 is 0 Å². The van der Waals surface area contributed by atoms with Gasteiger partial charge >= 0.3 is 0 Å². The Bertz CT molecular complexity index is 417. The van der Waals surface area contributed by atoms with Crippen LogP contribution in [0.25, 0.3) is 0 Å². The number of rotatable bonds is 5. The fraction of sp³-hybridized carbons (Fsp3) is 0.417. The summed E-state index contributed by atoms with van der Waals surface area (Å²) in [5, 5.41) is 9.57. The lowest BCUT2D eigenvalue weighted by molar-refractivity contribution is 0.0737. The number of ketones is 1. The van der Waals surface area contributed by atoms with Crippen LogP contribution < -0.4 is 9.47 Å². The molecule has 5 heteroatoms. The van der Waals surface area contributed by atoms with Gasteiger partial charge in [0.1, 0.15) is 22.1 Å². The van der Waals surface area contributed by atoms with Crippen LogP contribution in [0, 0.1) is 0 Å². The predicted molar refractivity (Wildman–Crippen MR) is 67.9 cm³/mol. The minimum absolute atomic E-state index is 0.342. The number of aliphatic hydroxyl groups is 1. The monoisotopic (exact) mass is 302 g/mol. The minimum Gasteiger partial charge on any atom is -0.495 e. The van der Waals surface area contributed by atoms with Crippen molar-refractivity contribution in [1.29, 1.82) is 0 Å². The van der Waals surface area contributed by atoms with Crippen LogP contribution in [0.5, 0.6) is 11.5 Å². The molecule has 0 aliphatic heterocycles. The number of Topliss-reactive ketones (excluding diaryl/α,β-unsaturated/α-hetero) is 1. The lowest BCUT2D eigenvalue weighted by Crippen LogP contribution is -2.20. The highest BCUT2D eigenvalue weighted by atomic mass is 79.9. The molecule has 0 fully saturated rings. The molecule has 0 aromatic heterocycles. The minimum atomic E-state index is -1.01. The molecule has 17 heavy (non-hydrogen) atoms. The Kier molecular flexibility index (Phi) is 4.96. The van der Waals surface area contributed by atoms with Crippen molar-refractivity contribution < 1.29 is 19.4 Å². The van der Waals surface area contributed by atoms with Gasteiger partial charge in [-0.2, -0.15) is 0 Å². The number of aliphatic hydroxyl groups excluding tert-OH is 1. The summed E-state index contributed by atoms with van der Waals surface area (Å²) in [5.41, 5.74) is 0.342. The highest BCUT2D eigenvalue weighted by molar-refractivity contribution is 9.10. The van der Waals surface area contributed by atoms with E-state index in [1.807, 2.05) is 0 Å². The maximum atomic E-state index is 11.9. The van der Waals surface area contributed by atoms with Gasteiger partial charge in [-0.25, -0.2) is 0 Å². The molecule has 0 radical (unpaired) electrons. The van der Waals surface area contributed by atoms with Crippen LogP contribution in [0.3, 0.4) is 0 Å². The Morgan fingerprint density at radius 1 is 1.41 bits per heavy atom. The van der Waals surface area contributed by atoms with Gasteiger partial charge in [0.2, 0.25) is 0 Å². The number of halogens is 1. The summed E-state index contributed by atoms with van der Waals surface area (Å²) >= 11 is 3.31. The first-order chi connectivity index (χ1) is 8.06. The summed E-state index contributed by atoms with van der Waals surface area (Å²) in [4.78, 5) is 11.9. The van der Waals surface area contributed by atoms with Crippen molar-refractivity contribution in [3.05, 3.63) is 22.2 Å². The Morgan fingerprint density at radius 2 is 2.06 bits per heavy atom. The van der Waals surface area contributed by atoms with Crippen LogP contribution >= 0.6 is 15.9 Å². The first-order valence-electron chi connectivity index (χ1n) is 5.19. The molecule has 1 aromatic rings. The molecule has 0 aliphatic carbocycles. The van der Waals surface area contributed by atoms with Crippen LogP contribution in [0.15, 0.2) is 16.6 Å². The number of carbonyl (C=O) groups excluding carboxylic acids is 1. The normalized spacial score (nSPS) is 12.1. The molecule has 1 rings (SSSR count). The summed E-state index contributed by atoms with van der Waals surface area (Å²) < 4.78 is 10.9. The van der Waals surface area contributed by atoms with Gasteiger partial charge in [0, 0.05) is 0 Å². The van der Waals surface area contributed by atoms with Gasteiger partial charge in [0.05, 0.1) is 19.8 Å². The van der Waals surface area contributed by atoms with Gasteiger partial charge in [0.25, 0.3) is 0 Å². The van der Waals surface area contributed by atoms with E-state index in [0.29, 0.717) is 28.0 Å². The number of methoxy groups -OCH3 is 2. The Hall–Kier alpha value is -1.07. The average molecular weight is 303 g/mol. The Morgan fingerprint density at radius 3 is 2.53 bits per heavy atom. The molecular weight excluding hydrogens is 288 g/mol.